The van der Waals surface area contributed by atoms with E-state index in [2.05, 4.69) is 31.7 Å². The van der Waals surface area contributed by atoms with Gasteiger partial charge in [0.2, 0.25) is 0 Å². The van der Waals surface area contributed by atoms with Crippen LogP contribution in [0, 0.1) is 5.92 Å². The molecule has 0 aliphatic heterocycles. The summed E-state index contributed by atoms with van der Waals surface area (Å²) >= 11 is 0. The second kappa shape index (κ2) is 8.06. The van der Waals surface area contributed by atoms with Crippen LogP contribution in [0.4, 0.5) is 11.6 Å². The van der Waals surface area contributed by atoms with Crippen LogP contribution in [-0.2, 0) is 6.42 Å². The van der Waals surface area contributed by atoms with E-state index in [1.54, 1.807) is 13.3 Å². The monoisotopic (exact) mass is 327 g/mol. The molecule has 1 fully saturated rings. The lowest BCUT2D eigenvalue weighted by atomic mass is 9.97. The Labute approximate surface area is 142 Å². The molecule has 3 N–H and O–H groups in total. The van der Waals surface area contributed by atoms with E-state index in [0.29, 0.717) is 18.5 Å². The van der Waals surface area contributed by atoms with Crippen molar-refractivity contribution < 1.29 is 5.11 Å². The number of anilines is 2. The Hall–Kier alpha value is -2.21. The van der Waals surface area contributed by atoms with Crippen molar-refractivity contribution in [2.24, 2.45) is 5.92 Å². The molecule has 0 bridgehead atoms. The normalized spacial score (nSPS) is 21.4. The second-order valence-electron chi connectivity index (χ2n) is 6.49. The summed E-state index contributed by atoms with van der Waals surface area (Å²) in [7, 11) is 0. The molecule has 0 aromatic carbocycles. The standard InChI is InChI=1S/C18H25N5O/c1-13(24)11-20-17-10-18(22-12-21-17)23-16-7-4-5-14(16)9-15-6-2-3-8-19-15/h2-3,6,8,10,12-14,16,24H,4-5,7,9,11H2,1H3,(H2,20,21,22,23). The molecule has 6 heteroatoms. The molecule has 6 nitrogen and oxygen atoms in total. The van der Waals surface area contributed by atoms with Crippen molar-refractivity contribution in [1.29, 1.82) is 0 Å². The zero-order chi connectivity index (χ0) is 16.8. The predicted octanol–water partition coefficient (Wildman–Crippen LogP) is 2.49. The smallest absolute Gasteiger partial charge is 0.131 e. The van der Waals surface area contributed by atoms with Crippen LogP contribution in [0.1, 0.15) is 31.9 Å². The van der Waals surface area contributed by atoms with E-state index >= 15 is 0 Å². The lowest BCUT2D eigenvalue weighted by Crippen LogP contribution is -2.26. The number of nitrogens with zero attached hydrogens (tertiary/aromatic N) is 3. The molecule has 3 atom stereocenters. The van der Waals surface area contributed by atoms with Gasteiger partial charge >= 0.3 is 0 Å². The fraction of sp³-hybridized carbons (Fsp3) is 0.500. The first-order chi connectivity index (χ1) is 11.7. The Bertz CT molecular complexity index is 634. The summed E-state index contributed by atoms with van der Waals surface area (Å²) in [5.41, 5.74) is 1.15. The molecule has 2 aromatic heterocycles. The fourth-order valence-corrected chi connectivity index (χ4v) is 3.23. The molecular formula is C18H25N5O. The Morgan fingerprint density at radius 2 is 2.08 bits per heavy atom. The Morgan fingerprint density at radius 1 is 1.21 bits per heavy atom. The van der Waals surface area contributed by atoms with Crippen molar-refractivity contribution in [3.05, 3.63) is 42.5 Å². The third-order valence-electron chi connectivity index (χ3n) is 4.44. The zero-order valence-electron chi connectivity index (χ0n) is 14.0. The number of pyridine rings is 1. The molecule has 1 saturated carbocycles. The van der Waals surface area contributed by atoms with E-state index in [1.807, 2.05) is 24.4 Å². The minimum atomic E-state index is -0.408. The Morgan fingerprint density at radius 3 is 2.88 bits per heavy atom. The highest BCUT2D eigenvalue weighted by molar-refractivity contribution is 5.47. The maximum atomic E-state index is 9.36. The molecule has 0 amide bonds. The average Bonchev–Trinajstić information content (AvgIpc) is 3.01. The number of rotatable bonds is 7. The highest BCUT2D eigenvalue weighted by atomic mass is 16.3. The van der Waals surface area contributed by atoms with Crippen molar-refractivity contribution >= 4 is 11.6 Å². The number of aromatic nitrogens is 3. The van der Waals surface area contributed by atoms with Gasteiger partial charge in [-0.15, -0.1) is 0 Å². The van der Waals surface area contributed by atoms with Gasteiger partial charge < -0.3 is 15.7 Å². The van der Waals surface area contributed by atoms with E-state index in [1.165, 1.54) is 12.8 Å². The maximum Gasteiger partial charge on any atom is 0.131 e. The highest BCUT2D eigenvalue weighted by Crippen LogP contribution is 2.30. The van der Waals surface area contributed by atoms with Crippen LogP contribution in [-0.4, -0.2) is 38.7 Å². The van der Waals surface area contributed by atoms with Gasteiger partial charge in [0.25, 0.3) is 0 Å². The van der Waals surface area contributed by atoms with Gasteiger partial charge in [-0.25, -0.2) is 9.97 Å². The lowest BCUT2D eigenvalue weighted by molar-refractivity contribution is 0.208. The van der Waals surface area contributed by atoms with Crippen LogP contribution in [0.25, 0.3) is 0 Å². The number of nitrogens with one attached hydrogen (secondary N) is 2. The highest BCUT2D eigenvalue weighted by Gasteiger charge is 2.28. The molecule has 1 aliphatic rings. The summed E-state index contributed by atoms with van der Waals surface area (Å²) in [5, 5.41) is 16.0. The summed E-state index contributed by atoms with van der Waals surface area (Å²) in [5.74, 6) is 2.13. The van der Waals surface area contributed by atoms with Gasteiger partial charge in [0, 0.05) is 30.5 Å². The van der Waals surface area contributed by atoms with Crippen molar-refractivity contribution in [2.75, 3.05) is 17.2 Å². The first kappa shape index (κ1) is 16.6. The molecular weight excluding hydrogens is 302 g/mol. The zero-order valence-corrected chi connectivity index (χ0v) is 14.0. The summed E-state index contributed by atoms with van der Waals surface area (Å²) in [6.07, 6.45) is 7.59. The summed E-state index contributed by atoms with van der Waals surface area (Å²) in [6.45, 7) is 2.22. The number of aliphatic hydroxyl groups excluding tert-OH is 1. The summed E-state index contributed by atoms with van der Waals surface area (Å²) in [6, 6.07) is 8.41. The molecule has 3 rings (SSSR count). The SMILES string of the molecule is CC(O)CNc1cc(NC2CCCC2Cc2ccccn2)ncn1. The molecule has 0 radical (unpaired) electrons. The van der Waals surface area contributed by atoms with Crippen LogP contribution in [0.3, 0.4) is 0 Å². The van der Waals surface area contributed by atoms with Gasteiger partial charge in [0.15, 0.2) is 0 Å². The van der Waals surface area contributed by atoms with Crippen LogP contribution in [0.5, 0.6) is 0 Å². The van der Waals surface area contributed by atoms with Gasteiger partial charge in [-0.3, -0.25) is 4.98 Å². The summed E-state index contributed by atoms with van der Waals surface area (Å²) < 4.78 is 0. The van der Waals surface area contributed by atoms with Crippen molar-refractivity contribution in [3.63, 3.8) is 0 Å². The molecule has 24 heavy (non-hydrogen) atoms. The van der Waals surface area contributed by atoms with Gasteiger partial charge in [-0.1, -0.05) is 12.5 Å². The largest absolute Gasteiger partial charge is 0.392 e. The van der Waals surface area contributed by atoms with Crippen LogP contribution < -0.4 is 10.6 Å². The minimum absolute atomic E-state index is 0.408. The van der Waals surface area contributed by atoms with E-state index in [-0.39, 0.29) is 0 Å². The molecule has 3 unspecified atom stereocenters. The van der Waals surface area contributed by atoms with Gasteiger partial charge in [-0.2, -0.15) is 0 Å². The third kappa shape index (κ3) is 4.64. The van der Waals surface area contributed by atoms with Crippen LogP contribution >= 0.6 is 0 Å². The number of hydrogen-bond donors (Lipinski definition) is 3. The Balaban J connectivity index is 1.61. The van der Waals surface area contributed by atoms with Gasteiger partial charge in [0.05, 0.1) is 6.10 Å². The molecule has 128 valence electrons. The quantitative estimate of drug-likeness (QED) is 0.725. The fourth-order valence-electron chi connectivity index (χ4n) is 3.23. The van der Waals surface area contributed by atoms with E-state index < -0.39 is 6.10 Å². The van der Waals surface area contributed by atoms with Gasteiger partial charge in [0.1, 0.15) is 18.0 Å². The van der Waals surface area contributed by atoms with Crippen LogP contribution in [0.2, 0.25) is 0 Å². The van der Waals surface area contributed by atoms with Crippen molar-refractivity contribution in [3.8, 4) is 0 Å². The first-order valence-electron chi connectivity index (χ1n) is 8.61. The average molecular weight is 327 g/mol. The van der Waals surface area contributed by atoms with E-state index in [0.717, 1.165) is 30.2 Å². The van der Waals surface area contributed by atoms with E-state index in [9.17, 15) is 5.11 Å². The topological polar surface area (TPSA) is 83.0 Å². The number of hydrogen-bond acceptors (Lipinski definition) is 6. The molecule has 2 aromatic rings. The number of aliphatic hydroxyl groups is 1. The molecule has 2 heterocycles. The van der Waals surface area contributed by atoms with Crippen LogP contribution in [0.15, 0.2) is 36.8 Å². The molecule has 0 spiro atoms. The Kier molecular flexibility index (Phi) is 5.59. The third-order valence-corrected chi connectivity index (χ3v) is 4.44. The minimum Gasteiger partial charge on any atom is -0.392 e. The van der Waals surface area contributed by atoms with Crippen molar-refractivity contribution in [2.45, 2.75) is 44.8 Å². The molecule has 0 saturated heterocycles. The van der Waals surface area contributed by atoms with Crippen molar-refractivity contribution in [1.82, 2.24) is 15.0 Å². The molecule has 1 aliphatic carbocycles. The van der Waals surface area contributed by atoms with Gasteiger partial charge in [-0.05, 0) is 44.2 Å². The lowest BCUT2D eigenvalue weighted by Gasteiger charge is -2.21. The summed E-state index contributed by atoms with van der Waals surface area (Å²) in [4.78, 5) is 13.0. The second-order valence-corrected chi connectivity index (χ2v) is 6.49. The van der Waals surface area contributed by atoms with E-state index in [4.69, 9.17) is 0 Å². The first-order valence-corrected chi connectivity index (χ1v) is 8.61. The maximum absolute atomic E-state index is 9.36. The predicted molar refractivity (Wildman–Crippen MR) is 94.9 cm³/mol.